The zero-order valence-electron chi connectivity index (χ0n) is 53.8. The number of fused-ring (bicyclic) bond motifs is 11. The molecule has 5 heterocycles. The van der Waals surface area contributed by atoms with Gasteiger partial charge in [0.2, 0.25) is 0 Å². The van der Waals surface area contributed by atoms with Crippen molar-refractivity contribution in [2.45, 2.75) is 9.79 Å². The second kappa shape index (κ2) is 23.5. The van der Waals surface area contributed by atoms with E-state index in [9.17, 15) is 0 Å². The van der Waals surface area contributed by atoms with Crippen LogP contribution < -0.4 is 61.3 Å². The summed E-state index contributed by atoms with van der Waals surface area (Å²) in [5.74, 6) is 0. The van der Waals surface area contributed by atoms with E-state index in [1.165, 1.54) is 124 Å². The van der Waals surface area contributed by atoms with E-state index in [1.807, 2.05) is 11.8 Å². The van der Waals surface area contributed by atoms with Crippen LogP contribution in [0.5, 0.6) is 0 Å². The summed E-state index contributed by atoms with van der Waals surface area (Å²) in [5.41, 5.74) is 30.0. The third kappa shape index (κ3) is 9.34. The van der Waals surface area contributed by atoms with Gasteiger partial charge in [-0.1, -0.05) is 0 Å². The van der Waals surface area contributed by atoms with Gasteiger partial charge in [-0.05, 0) is 0 Å². The Hall–Kier alpha value is -11.7. The van der Waals surface area contributed by atoms with Crippen LogP contribution in [0.25, 0.3) is 49.7 Å². The summed E-state index contributed by atoms with van der Waals surface area (Å²) in [6.07, 6.45) is 0. The van der Waals surface area contributed by atoms with Gasteiger partial charge in [-0.2, -0.15) is 0 Å². The van der Waals surface area contributed by atoms with Crippen LogP contribution in [0.3, 0.4) is 0 Å². The molecule has 4 aliphatic heterocycles. The van der Waals surface area contributed by atoms with E-state index >= 15 is 0 Å². The number of rotatable bonds is 11. The van der Waals surface area contributed by atoms with Crippen molar-refractivity contribution < 1.29 is 0 Å². The van der Waals surface area contributed by atoms with Crippen molar-refractivity contribution >= 4 is 172 Å². The van der Waals surface area contributed by atoms with E-state index < -0.39 is 0 Å². The molecule has 0 amide bonds. The molecule has 0 aliphatic carbocycles. The number of hydrogen-bond donors (Lipinski definition) is 0. The molecular formula is C90H59B2N5SSe. The summed E-state index contributed by atoms with van der Waals surface area (Å²) in [6, 6.07) is 134. The minimum absolute atomic E-state index is 0.127. The second-order valence-corrected chi connectivity index (χ2v) is 29.1. The first-order chi connectivity index (χ1) is 49.1. The summed E-state index contributed by atoms with van der Waals surface area (Å²) in [6.45, 7) is -0.275. The Morgan fingerprint density at radius 2 is 0.687 bits per heavy atom. The van der Waals surface area contributed by atoms with Gasteiger partial charge in [-0.3, -0.25) is 0 Å². The Labute approximate surface area is 587 Å². The van der Waals surface area contributed by atoms with Crippen molar-refractivity contribution in [1.82, 2.24) is 4.57 Å². The first-order valence-corrected chi connectivity index (χ1v) is 36.5. The molecule has 0 saturated carbocycles. The molecule has 0 fully saturated rings. The molecule has 20 rings (SSSR count). The Bertz CT molecular complexity index is 5400. The van der Waals surface area contributed by atoms with Crippen molar-refractivity contribution in [2.24, 2.45) is 0 Å². The maximum atomic E-state index is 2.72. The molecular weight excluding hydrogens is 1280 g/mol. The van der Waals surface area contributed by atoms with Crippen molar-refractivity contribution in [2.75, 3.05) is 19.6 Å². The molecule has 4 aliphatic rings. The Balaban J connectivity index is 0.928. The molecule has 0 atom stereocenters. The normalized spacial score (nSPS) is 12.9. The third-order valence-corrected chi connectivity index (χ3v) is 24.1. The van der Waals surface area contributed by atoms with Gasteiger partial charge in [-0.25, -0.2) is 0 Å². The molecule has 0 spiro atoms. The van der Waals surface area contributed by atoms with E-state index in [2.05, 4.69) is 382 Å². The van der Waals surface area contributed by atoms with Gasteiger partial charge < -0.3 is 0 Å². The van der Waals surface area contributed by atoms with Gasteiger partial charge in [0.1, 0.15) is 0 Å². The van der Waals surface area contributed by atoms with Crippen molar-refractivity contribution in [3.8, 4) is 27.9 Å². The third-order valence-electron chi connectivity index (χ3n) is 20.4. The summed E-state index contributed by atoms with van der Waals surface area (Å²) < 4.78 is 5.49. The van der Waals surface area contributed by atoms with Gasteiger partial charge in [0, 0.05) is 0 Å². The molecule has 462 valence electrons. The fraction of sp³-hybridized carbons (Fsp3) is 0. The predicted octanol–water partition coefficient (Wildman–Crippen LogP) is 18.1. The molecule has 0 bridgehead atoms. The fourth-order valence-electron chi connectivity index (χ4n) is 16.2. The zero-order chi connectivity index (χ0) is 65.1. The van der Waals surface area contributed by atoms with Crippen LogP contribution >= 0.6 is 11.8 Å². The first kappa shape index (κ1) is 57.5. The summed E-state index contributed by atoms with van der Waals surface area (Å²) in [5, 5.41) is 2.45. The molecule has 1 aromatic heterocycles. The van der Waals surface area contributed by atoms with Gasteiger partial charge in [-0.15, -0.1) is 0 Å². The van der Waals surface area contributed by atoms with Crippen LogP contribution in [0.4, 0.5) is 68.2 Å². The minimum atomic E-state index is -0.277. The fourth-order valence-corrected chi connectivity index (χ4v) is 20.4. The van der Waals surface area contributed by atoms with Gasteiger partial charge >= 0.3 is 592 Å². The average molecular weight is 1340 g/mol. The number of hydrogen-bond acceptors (Lipinski definition) is 5. The number of para-hydroxylation sites is 8. The summed E-state index contributed by atoms with van der Waals surface area (Å²) in [7, 11) is 0. The Kier molecular flexibility index (Phi) is 13.7. The summed E-state index contributed by atoms with van der Waals surface area (Å²) in [4.78, 5) is 12.5. The molecule has 0 unspecified atom stereocenters. The molecule has 0 radical (unpaired) electrons. The van der Waals surface area contributed by atoms with Crippen molar-refractivity contribution in [3.63, 3.8) is 0 Å². The number of aromatic nitrogens is 1. The van der Waals surface area contributed by atoms with Crippen LogP contribution in [0.1, 0.15) is 0 Å². The van der Waals surface area contributed by atoms with E-state index in [-0.39, 0.29) is 28.4 Å². The molecule has 15 aromatic carbocycles. The van der Waals surface area contributed by atoms with Crippen LogP contribution in [0, 0.1) is 0 Å². The zero-order valence-corrected chi connectivity index (χ0v) is 56.3. The van der Waals surface area contributed by atoms with E-state index in [4.69, 9.17) is 0 Å². The van der Waals surface area contributed by atoms with Gasteiger partial charge in [0.05, 0.1) is 0 Å². The second-order valence-electron chi connectivity index (χ2n) is 25.9. The van der Waals surface area contributed by atoms with Crippen LogP contribution in [0.2, 0.25) is 0 Å². The first-order valence-electron chi connectivity index (χ1n) is 34.0. The van der Waals surface area contributed by atoms with Crippen molar-refractivity contribution in [1.29, 1.82) is 0 Å². The van der Waals surface area contributed by atoms with Crippen LogP contribution in [0.15, 0.2) is 368 Å². The number of anilines is 12. The van der Waals surface area contributed by atoms with Gasteiger partial charge in [0.15, 0.2) is 0 Å². The van der Waals surface area contributed by atoms with E-state index in [0.717, 1.165) is 45.5 Å². The Morgan fingerprint density at radius 3 is 1.15 bits per heavy atom. The number of benzene rings is 15. The van der Waals surface area contributed by atoms with E-state index in [1.54, 1.807) is 0 Å². The molecule has 0 saturated heterocycles. The summed E-state index contributed by atoms with van der Waals surface area (Å²) >= 11 is 1.69. The molecule has 99 heavy (non-hydrogen) atoms. The Morgan fingerprint density at radius 1 is 0.293 bits per heavy atom. The van der Waals surface area contributed by atoms with Crippen LogP contribution in [-0.2, 0) is 0 Å². The molecule has 5 nitrogen and oxygen atoms in total. The van der Waals surface area contributed by atoms with E-state index in [0.29, 0.717) is 0 Å². The quantitative estimate of drug-likeness (QED) is 0.120. The molecule has 16 aromatic rings. The SMILES string of the molecule is c1ccc(-c2ccc3c(c2)c2cc(-c4ccccc4)ccc2n3-c2c3c(cc4c2[Se]c2cc(N(c5ccccc5)c5ccccc5)cc5c2B4c2ccccc2N5c2ccccc2)B2c4ccccc4N(c4ccccc4)c4cc(N(c5ccccc5)c5ccccc5)cc(c42)S3)cc1. The molecule has 0 N–H and O–H groups in total. The maximum absolute atomic E-state index is 2.72. The van der Waals surface area contributed by atoms with Crippen LogP contribution in [-0.4, -0.2) is 32.9 Å². The standard InChI is InChI=1S/C90H59B2N5SSe/c1-9-29-60(30-10-1)62-49-51-78-72(53-62)73-54-63(61-31-11-2-12-32-61)50-52-79(73)97(78)88-89-76(91-74-45-25-27-47-80(74)95(68-41-21-7-22-42-68)82-55-70(57-84(98-89)86(82)91)93(64-33-13-3-14-34-64)65-35-15-4-16-36-65)59-77-90(88)99-85-58-71(94(66-37-17-5-18-38-66)67-39-19-6-20-40-67)56-83-87(85)92(77)75-46-26-28-48-81(75)96(83)69-43-23-8-24-44-69/h1-59H. The van der Waals surface area contributed by atoms with Gasteiger partial charge in [0.25, 0.3) is 0 Å². The molecule has 9 heteroatoms. The monoisotopic (exact) mass is 1340 g/mol. The number of nitrogens with zero attached hydrogens (tertiary/aromatic N) is 5. The topological polar surface area (TPSA) is 17.9 Å². The van der Waals surface area contributed by atoms with Crippen molar-refractivity contribution in [3.05, 3.63) is 358 Å². The predicted molar refractivity (Wildman–Crippen MR) is 422 cm³/mol. The average Bonchev–Trinajstić information content (AvgIpc) is 1.55.